The zero-order valence-corrected chi connectivity index (χ0v) is 7.66. The Hall–Kier alpha value is -1.48. The van der Waals surface area contributed by atoms with Crippen LogP contribution in [0.5, 0.6) is 0 Å². The maximum atomic E-state index is 11.1. The summed E-state index contributed by atoms with van der Waals surface area (Å²) in [5, 5.41) is 3.38. The molecular weight excluding hydrogens is 176 g/mol. The molecule has 2 heterocycles. The highest BCUT2D eigenvalue weighted by molar-refractivity contribution is 6.19. The first-order valence-corrected chi connectivity index (χ1v) is 4.80. The third kappa shape index (κ3) is 1.02. The van der Waals surface area contributed by atoms with Gasteiger partial charge >= 0.3 is 0 Å². The molecule has 14 heavy (non-hydrogen) atoms. The molecule has 1 unspecified atom stereocenters. The van der Waals surface area contributed by atoms with Crippen molar-refractivity contribution in [2.75, 3.05) is 6.54 Å². The van der Waals surface area contributed by atoms with Gasteiger partial charge in [0.2, 0.25) is 0 Å². The molecule has 1 fully saturated rings. The lowest BCUT2D eigenvalue weighted by atomic mass is 9.91. The molecule has 0 radical (unpaired) electrons. The number of nitrogens with zero attached hydrogens (tertiary/aromatic N) is 1. The number of hydrogen-bond acceptors (Lipinski definition) is 2. The molecule has 0 aromatic heterocycles. The van der Waals surface area contributed by atoms with Crippen LogP contribution >= 0.6 is 0 Å². The van der Waals surface area contributed by atoms with Crippen molar-refractivity contribution in [1.29, 1.82) is 0 Å². The van der Waals surface area contributed by atoms with E-state index in [0.29, 0.717) is 6.04 Å². The standard InChI is InChI=1S/C11H10N2O/c14-11-4-1-7-8-5-6-12-9(8)2-3-10(7)13-11/h1-4,9,12H,5-6H2. The summed E-state index contributed by atoms with van der Waals surface area (Å²) in [7, 11) is 0. The average molecular weight is 186 g/mol. The highest BCUT2D eigenvalue weighted by atomic mass is 16.1. The Kier molecular flexibility index (Phi) is 1.55. The minimum atomic E-state index is -0.154. The first kappa shape index (κ1) is 7.88. The van der Waals surface area contributed by atoms with Gasteiger partial charge in [-0.15, -0.1) is 0 Å². The van der Waals surface area contributed by atoms with Crippen molar-refractivity contribution in [2.24, 2.45) is 4.99 Å². The fourth-order valence-corrected chi connectivity index (χ4v) is 2.17. The number of nitrogens with one attached hydrogen (secondary N) is 1. The van der Waals surface area contributed by atoms with Crippen molar-refractivity contribution in [3.05, 3.63) is 35.5 Å². The van der Waals surface area contributed by atoms with Gasteiger partial charge in [-0.2, -0.15) is 0 Å². The largest absolute Gasteiger partial charge is 0.307 e. The van der Waals surface area contributed by atoms with Crippen LogP contribution in [0.25, 0.3) is 0 Å². The van der Waals surface area contributed by atoms with Gasteiger partial charge in [0.25, 0.3) is 5.91 Å². The first-order chi connectivity index (χ1) is 6.84. The molecule has 70 valence electrons. The Morgan fingerprint density at radius 3 is 3.21 bits per heavy atom. The maximum absolute atomic E-state index is 11.1. The van der Waals surface area contributed by atoms with Gasteiger partial charge in [-0.05, 0) is 30.7 Å². The molecule has 0 bridgehead atoms. The number of hydrogen-bond donors (Lipinski definition) is 1. The van der Waals surface area contributed by atoms with Gasteiger partial charge in [-0.3, -0.25) is 4.79 Å². The molecule has 3 aliphatic rings. The maximum Gasteiger partial charge on any atom is 0.270 e. The Morgan fingerprint density at radius 1 is 1.36 bits per heavy atom. The summed E-state index contributed by atoms with van der Waals surface area (Å²) >= 11 is 0. The Morgan fingerprint density at radius 2 is 2.29 bits per heavy atom. The summed E-state index contributed by atoms with van der Waals surface area (Å²) in [5.41, 5.74) is 3.34. The highest BCUT2D eigenvalue weighted by Crippen LogP contribution is 2.27. The monoisotopic (exact) mass is 186 g/mol. The SMILES string of the molecule is O=C1C=CC2=C3CCNC3C=CC2=N1. The van der Waals surface area contributed by atoms with E-state index in [0.717, 1.165) is 24.3 Å². The fraction of sp³-hybridized carbons (Fsp3) is 0.273. The number of allylic oxidation sites excluding steroid dienone is 3. The van der Waals surface area contributed by atoms with Crippen LogP contribution in [-0.2, 0) is 4.79 Å². The molecule has 3 nitrogen and oxygen atoms in total. The van der Waals surface area contributed by atoms with Gasteiger partial charge in [0, 0.05) is 17.7 Å². The molecule has 0 aromatic carbocycles. The van der Waals surface area contributed by atoms with Crippen LogP contribution in [0.1, 0.15) is 6.42 Å². The zero-order chi connectivity index (χ0) is 9.54. The molecule has 3 heteroatoms. The summed E-state index contributed by atoms with van der Waals surface area (Å²) in [6, 6.07) is 0.363. The predicted octanol–water partition coefficient (Wildman–Crippen LogP) is 0.752. The van der Waals surface area contributed by atoms with E-state index in [1.54, 1.807) is 6.08 Å². The molecule has 2 aliphatic heterocycles. The van der Waals surface area contributed by atoms with E-state index in [1.165, 1.54) is 5.57 Å². The number of rotatable bonds is 0. The minimum absolute atomic E-state index is 0.154. The summed E-state index contributed by atoms with van der Waals surface area (Å²) in [5.74, 6) is -0.154. The molecule has 3 rings (SSSR count). The second-order valence-electron chi connectivity index (χ2n) is 3.65. The van der Waals surface area contributed by atoms with Crippen LogP contribution in [0.4, 0.5) is 0 Å². The van der Waals surface area contributed by atoms with Crippen molar-refractivity contribution < 1.29 is 4.79 Å². The number of aliphatic imine (C=N–C) groups is 1. The Bertz CT molecular complexity index is 427. The summed E-state index contributed by atoms with van der Waals surface area (Å²) in [6.45, 7) is 1.02. The van der Waals surface area contributed by atoms with E-state index < -0.39 is 0 Å². The molecule has 0 aromatic rings. The molecular formula is C11H10N2O. The quantitative estimate of drug-likeness (QED) is 0.606. The van der Waals surface area contributed by atoms with Crippen molar-refractivity contribution in [1.82, 2.24) is 5.32 Å². The topological polar surface area (TPSA) is 41.5 Å². The van der Waals surface area contributed by atoms with Crippen LogP contribution in [-0.4, -0.2) is 24.2 Å². The molecule has 1 aliphatic carbocycles. The predicted molar refractivity (Wildman–Crippen MR) is 54.2 cm³/mol. The van der Waals surface area contributed by atoms with Crippen molar-refractivity contribution in [3.8, 4) is 0 Å². The Labute approximate surface area is 81.9 Å². The van der Waals surface area contributed by atoms with Gasteiger partial charge in [-0.25, -0.2) is 4.99 Å². The van der Waals surface area contributed by atoms with Crippen LogP contribution in [0.3, 0.4) is 0 Å². The lowest BCUT2D eigenvalue weighted by Gasteiger charge is -2.19. The van der Waals surface area contributed by atoms with E-state index in [1.807, 2.05) is 12.2 Å². The van der Waals surface area contributed by atoms with Crippen LogP contribution < -0.4 is 5.32 Å². The van der Waals surface area contributed by atoms with Crippen molar-refractivity contribution >= 4 is 11.6 Å². The lowest BCUT2D eigenvalue weighted by molar-refractivity contribution is -0.113. The fourth-order valence-electron chi connectivity index (χ4n) is 2.17. The molecule has 1 N–H and O–H groups in total. The van der Waals surface area contributed by atoms with E-state index >= 15 is 0 Å². The van der Waals surface area contributed by atoms with Gasteiger partial charge in [-0.1, -0.05) is 6.08 Å². The smallest absolute Gasteiger partial charge is 0.270 e. The summed E-state index contributed by atoms with van der Waals surface area (Å²) in [4.78, 5) is 15.0. The first-order valence-electron chi connectivity index (χ1n) is 4.80. The van der Waals surface area contributed by atoms with Crippen molar-refractivity contribution in [2.45, 2.75) is 12.5 Å². The van der Waals surface area contributed by atoms with Gasteiger partial charge in [0.05, 0.1) is 5.71 Å². The van der Waals surface area contributed by atoms with E-state index in [2.05, 4.69) is 16.4 Å². The highest BCUT2D eigenvalue weighted by Gasteiger charge is 2.26. The Balaban J connectivity index is 2.13. The molecule has 1 amide bonds. The van der Waals surface area contributed by atoms with E-state index in [9.17, 15) is 4.79 Å². The van der Waals surface area contributed by atoms with E-state index in [4.69, 9.17) is 0 Å². The third-order valence-corrected chi connectivity index (χ3v) is 2.83. The molecule has 0 spiro atoms. The average Bonchev–Trinajstić information content (AvgIpc) is 2.65. The van der Waals surface area contributed by atoms with Gasteiger partial charge < -0.3 is 5.32 Å². The summed E-state index contributed by atoms with van der Waals surface area (Å²) in [6.07, 6.45) is 8.51. The zero-order valence-electron chi connectivity index (χ0n) is 7.66. The number of dihydropyridines is 1. The lowest BCUT2D eigenvalue weighted by Crippen LogP contribution is -2.25. The second-order valence-corrected chi connectivity index (χ2v) is 3.65. The molecule has 1 atom stereocenters. The number of carbonyl (C=O) groups excluding carboxylic acids is 1. The van der Waals surface area contributed by atoms with Crippen LogP contribution in [0.2, 0.25) is 0 Å². The third-order valence-electron chi connectivity index (χ3n) is 2.83. The molecule has 0 saturated carbocycles. The van der Waals surface area contributed by atoms with Gasteiger partial charge in [0.15, 0.2) is 0 Å². The number of fused-ring (bicyclic) bond motifs is 2. The van der Waals surface area contributed by atoms with Crippen LogP contribution in [0, 0.1) is 0 Å². The normalized spacial score (nSPS) is 29.0. The second kappa shape index (κ2) is 2.75. The summed E-state index contributed by atoms with van der Waals surface area (Å²) < 4.78 is 0. The van der Waals surface area contributed by atoms with Crippen LogP contribution in [0.15, 0.2) is 40.4 Å². The molecule has 1 saturated heterocycles. The van der Waals surface area contributed by atoms with Gasteiger partial charge in [0.1, 0.15) is 0 Å². The number of amides is 1. The van der Waals surface area contributed by atoms with Crippen molar-refractivity contribution in [3.63, 3.8) is 0 Å². The number of carbonyl (C=O) groups is 1. The minimum Gasteiger partial charge on any atom is -0.307 e. The van der Waals surface area contributed by atoms with E-state index in [-0.39, 0.29) is 5.91 Å².